The smallest absolute Gasteiger partial charge is 0.354 e. The molecule has 0 unspecified atom stereocenters. The fraction of sp³-hybridized carbons (Fsp3) is 0.231. The summed E-state index contributed by atoms with van der Waals surface area (Å²) in [7, 11) is 1.32. The minimum Gasteiger partial charge on any atom is -0.465 e. The second kappa shape index (κ2) is 4.91. The van der Waals surface area contributed by atoms with Crippen LogP contribution in [0.25, 0.3) is 10.9 Å². The van der Waals surface area contributed by atoms with Crippen molar-refractivity contribution in [2.24, 2.45) is 0 Å². The van der Waals surface area contributed by atoms with E-state index < -0.39 is 11.9 Å². The Bertz CT molecular complexity index is 600. The molecule has 0 bridgehead atoms. The number of esters is 2. The van der Waals surface area contributed by atoms with E-state index in [0.717, 1.165) is 5.39 Å². The van der Waals surface area contributed by atoms with E-state index in [-0.39, 0.29) is 0 Å². The molecule has 0 fully saturated rings. The summed E-state index contributed by atoms with van der Waals surface area (Å²) in [6, 6.07) is 6.83. The quantitative estimate of drug-likeness (QED) is 0.843. The monoisotopic (exact) mass is 247 g/mol. The van der Waals surface area contributed by atoms with Gasteiger partial charge in [-0.05, 0) is 19.1 Å². The first-order valence-corrected chi connectivity index (χ1v) is 5.54. The minimum atomic E-state index is -0.446. The molecular formula is C13H13NO4. The number of aromatic nitrogens is 1. The third kappa shape index (κ3) is 2.07. The van der Waals surface area contributed by atoms with Gasteiger partial charge in [0, 0.05) is 5.39 Å². The highest BCUT2D eigenvalue weighted by Gasteiger charge is 2.15. The molecule has 5 heteroatoms. The predicted octanol–water partition coefficient (Wildman–Crippen LogP) is 2.13. The maximum Gasteiger partial charge on any atom is 0.354 e. The molecule has 0 aliphatic heterocycles. The van der Waals surface area contributed by atoms with E-state index in [1.54, 1.807) is 31.2 Å². The van der Waals surface area contributed by atoms with Gasteiger partial charge in [0.1, 0.15) is 5.69 Å². The number of methoxy groups -OCH3 is 1. The average Bonchev–Trinajstić information content (AvgIpc) is 2.81. The topological polar surface area (TPSA) is 68.4 Å². The number of benzene rings is 1. The van der Waals surface area contributed by atoms with Gasteiger partial charge in [-0.2, -0.15) is 0 Å². The van der Waals surface area contributed by atoms with Crippen molar-refractivity contribution in [1.82, 2.24) is 4.98 Å². The van der Waals surface area contributed by atoms with Gasteiger partial charge in [0.05, 0.1) is 24.8 Å². The third-order valence-electron chi connectivity index (χ3n) is 2.56. The van der Waals surface area contributed by atoms with Crippen molar-refractivity contribution in [1.29, 1.82) is 0 Å². The highest BCUT2D eigenvalue weighted by molar-refractivity contribution is 6.05. The number of aromatic amines is 1. The van der Waals surface area contributed by atoms with Crippen molar-refractivity contribution in [3.63, 3.8) is 0 Å². The van der Waals surface area contributed by atoms with E-state index in [4.69, 9.17) is 4.74 Å². The lowest BCUT2D eigenvalue weighted by Crippen LogP contribution is -2.05. The summed E-state index contributed by atoms with van der Waals surface area (Å²) < 4.78 is 9.58. The van der Waals surface area contributed by atoms with Crippen LogP contribution in [0, 0.1) is 0 Å². The Balaban J connectivity index is 2.51. The van der Waals surface area contributed by atoms with E-state index in [0.29, 0.717) is 23.4 Å². The fourth-order valence-electron chi connectivity index (χ4n) is 1.76. The van der Waals surface area contributed by atoms with Crippen LogP contribution in [0.1, 0.15) is 27.8 Å². The number of carbonyl (C=O) groups excluding carboxylic acids is 2. The molecule has 0 aliphatic carbocycles. The number of carbonyl (C=O) groups is 2. The maximum atomic E-state index is 11.6. The minimum absolute atomic E-state index is 0.304. The molecule has 94 valence electrons. The zero-order chi connectivity index (χ0) is 13.1. The summed E-state index contributed by atoms with van der Waals surface area (Å²) in [6.45, 7) is 2.04. The molecule has 0 amide bonds. The van der Waals surface area contributed by atoms with Gasteiger partial charge in [-0.25, -0.2) is 9.59 Å². The lowest BCUT2D eigenvalue weighted by molar-refractivity contribution is 0.0519. The van der Waals surface area contributed by atoms with Crippen LogP contribution in [0.15, 0.2) is 24.3 Å². The molecule has 1 aromatic heterocycles. The highest BCUT2D eigenvalue weighted by atomic mass is 16.5. The molecule has 18 heavy (non-hydrogen) atoms. The first-order valence-electron chi connectivity index (χ1n) is 5.54. The first kappa shape index (κ1) is 12.2. The summed E-state index contributed by atoms with van der Waals surface area (Å²) in [5.74, 6) is -0.887. The number of fused-ring (bicyclic) bond motifs is 1. The summed E-state index contributed by atoms with van der Waals surface area (Å²) in [5, 5.41) is 0.765. The first-order chi connectivity index (χ1) is 8.67. The van der Waals surface area contributed by atoms with Crippen molar-refractivity contribution >= 4 is 22.8 Å². The van der Waals surface area contributed by atoms with Crippen LogP contribution in [-0.2, 0) is 9.47 Å². The predicted molar refractivity (Wildman–Crippen MR) is 65.6 cm³/mol. The summed E-state index contributed by atoms with van der Waals surface area (Å²) >= 11 is 0. The lowest BCUT2D eigenvalue weighted by atomic mass is 10.1. The van der Waals surface area contributed by atoms with Gasteiger partial charge in [0.2, 0.25) is 0 Å². The Morgan fingerprint density at radius 3 is 2.72 bits per heavy atom. The SMILES string of the molecule is CCOC(=O)c1cc2cccc(C(=O)OC)c2[nH]1. The van der Waals surface area contributed by atoms with Crippen molar-refractivity contribution in [2.45, 2.75) is 6.92 Å². The second-order valence-electron chi connectivity index (χ2n) is 3.66. The zero-order valence-electron chi connectivity index (χ0n) is 10.1. The molecule has 0 saturated heterocycles. The highest BCUT2D eigenvalue weighted by Crippen LogP contribution is 2.20. The largest absolute Gasteiger partial charge is 0.465 e. The summed E-state index contributed by atoms with van der Waals surface area (Å²) in [6.07, 6.45) is 0. The van der Waals surface area contributed by atoms with Gasteiger partial charge >= 0.3 is 11.9 Å². The molecule has 1 heterocycles. The van der Waals surface area contributed by atoms with Crippen molar-refractivity contribution < 1.29 is 19.1 Å². The number of H-pyrrole nitrogens is 1. The number of nitrogens with one attached hydrogen (secondary N) is 1. The van der Waals surface area contributed by atoms with Crippen LogP contribution in [0.2, 0.25) is 0 Å². The van der Waals surface area contributed by atoms with E-state index >= 15 is 0 Å². The van der Waals surface area contributed by atoms with E-state index in [1.807, 2.05) is 0 Å². The van der Waals surface area contributed by atoms with E-state index in [1.165, 1.54) is 7.11 Å². The van der Waals surface area contributed by atoms with Gasteiger partial charge in [-0.1, -0.05) is 12.1 Å². The number of rotatable bonds is 3. The molecule has 0 atom stereocenters. The van der Waals surface area contributed by atoms with Gasteiger partial charge in [-0.3, -0.25) is 0 Å². The second-order valence-corrected chi connectivity index (χ2v) is 3.66. The average molecular weight is 247 g/mol. The summed E-state index contributed by atoms with van der Waals surface area (Å²) in [5.41, 5.74) is 1.29. The molecule has 0 radical (unpaired) electrons. The molecule has 2 rings (SSSR count). The number of hydrogen-bond acceptors (Lipinski definition) is 4. The van der Waals surface area contributed by atoms with Gasteiger partial charge in [-0.15, -0.1) is 0 Å². The molecule has 0 spiro atoms. The lowest BCUT2D eigenvalue weighted by Gasteiger charge is -2.00. The molecule has 1 aromatic carbocycles. The van der Waals surface area contributed by atoms with E-state index in [9.17, 15) is 9.59 Å². The van der Waals surface area contributed by atoms with Crippen LogP contribution in [0.5, 0.6) is 0 Å². The standard InChI is InChI=1S/C13H13NO4/c1-3-18-13(16)10-7-8-5-4-6-9(11(8)14-10)12(15)17-2/h4-7,14H,3H2,1-2H3. The molecule has 0 aliphatic rings. The summed E-state index contributed by atoms with van der Waals surface area (Å²) in [4.78, 5) is 26.1. The third-order valence-corrected chi connectivity index (χ3v) is 2.56. The Kier molecular flexibility index (Phi) is 3.32. The van der Waals surface area contributed by atoms with Crippen LogP contribution >= 0.6 is 0 Å². The molecule has 1 N–H and O–H groups in total. The molecule has 0 saturated carbocycles. The van der Waals surface area contributed by atoms with E-state index in [2.05, 4.69) is 9.72 Å². The molecule has 5 nitrogen and oxygen atoms in total. The van der Waals surface area contributed by atoms with Crippen LogP contribution in [0.3, 0.4) is 0 Å². The van der Waals surface area contributed by atoms with Crippen molar-refractivity contribution in [2.75, 3.05) is 13.7 Å². The maximum absolute atomic E-state index is 11.6. The Morgan fingerprint density at radius 2 is 2.06 bits per heavy atom. The van der Waals surface area contributed by atoms with Gasteiger partial charge < -0.3 is 14.5 Å². The zero-order valence-corrected chi connectivity index (χ0v) is 10.1. The Labute approximate surface area is 104 Å². The van der Waals surface area contributed by atoms with Gasteiger partial charge in [0.15, 0.2) is 0 Å². The van der Waals surface area contributed by atoms with Crippen molar-refractivity contribution in [3.05, 3.63) is 35.5 Å². The fourth-order valence-corrected chi connectivity index (χ4v) is 1.76. The number of para-hydroxylation sites is 1. The van der Waals surface area contributed by atoms with Crippen molar-refractivity contribution in [3.8, 4) is 0 Å². The van der Waals surface area contributed by atoms with Gasteiger partial charge in [0.25, 0.3) is 0 Å². The Hall–Kier alpha value is -2.30. The van der Waals surface area contributed by atoms with Crippen LogP contribution in [0.4, 0.5) is 0 Å². The number of ether oxygens (including phenoxy) is 2. The molecular weight excluding hydrogens is 234 g/mol. The van der Waals surface area contributed by atoms with Crippen LogP contribution in [-0.4, -0.2) is 30.6 Å². The van der Waals surface area contributed by atoms with Crippen LogP contribution < -0.4 is 0 Å². The number of hydrogen-bond donors (Lipinski definition) is 1. The molecule has 2 aromatic rings. The Morgan fingerprint density at radius 1 is 1.28 bits per heavy atom. The normalized spacial score (nSPS) is 10.3.